The second-order valence-corrected chi connectivity index (χ2v) is 6.19. The summed E-state index contributed by atoms with van der Waals surface area (Å²) in [4.78, 5) is 14.8. The third-order valence-corrected chi connectivity index (χ3v) is 4.60. The van der Waals surface area contributed by atoms with Crippen LogP contribution in [0, 0.1) is 0 Å². The van der Waals surface area contributed by atoms with Crippen molar-refractivity contribution in [2.24, 2.45) is 11.5 Å². The van der Waals surface area contributed by atoms with Gasteiger partial charge in [0.2, 0.25) is 0 Å². The first kappa shape index (κ1) is 14.1. The Morgan fingerprint density at radius 1 is 1.16 bits per heavy atom. The first-order chi connectivity index (χ1) is 8.93. The van der Waals surface area contributed by atoms with Gasteiger partial charge in [0.1, 0.15) is 39.3 Å². The molecule has 0 saturated carbocycles. The fraction of sp³-hybridized carbons (Fsp3) is 0.833. The van der Waals surface area contributed by atoms with E-state index in [1.807, 2.05) is 0 Å². The van der Waals surface area contributed by atoms with Gasteiger partial charge in [-0.2, -0.15) is 0 Å². The molecule has 0 aliphatic carbocycles. The van der Waals surface area contributed by atoms with E-state index in [0.29, 0.717) is 19.6 Å². The number of nitrogens with one attached hydrogen (secondary N) is 2. The summed E-state index contributed by atoms with van der Waals surface area (Å²) >= 11 is 0. The molecule has 1 amide bonds. The van der Waals surface area contributed by atoms with Gasteiger partial charge in [-0.3, -0.25) is 21.3 Å². The van der Waals surface area contributed by atoms with E-state index in [1.54, 1.807) is 0 Å². The Hall–Kier alpha value is -1.34. The number of nitrogens with two attached hydrogens (primary N) is 2. The summed E-state index contributed by atoms with van der Waals surface area (Å²) in [5.74, 6) is 0.329. The zero-order chi connectivity index (χ0) is 13.9. The molecule has 19 heavy (non-hydrogen) atoms. The zero-order valence-corrected chi connectivity index (χ0v) is 11.8. The number of quaternary nitrogens is 2. The van der Waals surface area contributed by atoms with Crippen molar-refractivity contribution in [1.29, 1.82) is 0 Å². The van der Waals surface area contributed by atoms with Crippen molar-refractivity contribution in [3.63, 3.8) is 0 Å². The van der Waals surface area contributed by atoms with Gasteiger partial charge in [0.05, 0.1) is 13.6 Å². The van der Waals surface area contributed by atoms with E-state index < -0.39 is 0 Å². The normalized spacial score (nSPS) is 32.9. The molecular formula is C12H27N6O+3. The third kappa shape index (κ3) is 3.57. The van der Waals surface area contributed by atoms with Gasteiger partial charge in [-0.1, -0.05) is 0 Å². The molecule has 0 aromatic carbocycles. The van der Waals surface area contributed by atoms with Gasteiger partial charge in [-0.05, 0) is 0 Å². The molecule has 3 aliphatic rings. The topological polar surface area (TPSA) is 95.1 Å². The van der Waals surface area contributed by atoms with Gasteiger partial charge in [-0.25, -0.2) is 0 Å². The summed E-state index contributed by atoms with van der Waals surface area (Å²) in [6.45, 7) is 8.74. The van der Waals surface area contributed by atoms with E-state index in [2.05, 4.69) is 17.4 Å². The smallest absolute Gasteiger partial charge is 0.338 e. The summed E-state index contributed by atoms with van der Waals surface area (Å²) in [7, 11) is 2.33. The average molecular weight is 271 g/mol. The Morgan fingerprint density at radius 2 is 1.74 bits per heavy atom. The molecule has 3 saturated heterocycles. The predicted octanol–water partition coefficient (Wildman–Crippen LogP) is -4.25. The minimum absolute atomic E-state index is 0.135. The van der Waals surface area contributed by atoms with Gasteiger partial charge in [0.25, 0.3) is 5.91 Å². The molecule has 3 fully saturated rings. The summed E-state index contributed by atoms with van der Waals surface area (Å²) < 4.78 is 2.16. The highest BCUT2D eigenvalue weighted by molar-refractivity contribution is 5.77. The minimum atomic E-state index is 0.135. The molecule has 0 aromatic heterocycles. The van der Waals surface area contributed by atoms with Crippen LogP contribution in [-0.2, 0) is 4.79 Å². The number of fused-ring (bicyclic) bond motifs is 3. The van der Waals surface area contributed by atoms with Crippen LogP contribution in [0.2, 0.25) is 0 Å². The molecule has 2 bridgehead atoms. The molecule has 0 radical (unpaired) electrons. The number of piperazine rings is 3. The highest BCUT2D eigenvalue weighted by atomic mass is 16.2. The molecule has 0 aromatic rings. The monoisotopic (exact) mass is 271 g/mol. The van der Waals surface area contributed by atoms with Crippen molar-refractivity contribution in [2.75, 3.05) is 66.0 Å². The van der Waals surface area contributed by atoms with E-state index in [4.69, 9.17) is 11.5 Å². The first-order valence-electron chi connectivity index (χ1n) is 7.00. The molecule has 6 N–H and O–H groups in total. The predicted molar refractivity (Wildman–Crippen MR) is 72.7 cm³/mol. The Kier molecular flexibility index (Phi) is 3.96. The molecule has 3 aliphatic heterocycles. The van der Waals surface area contributed by atoms with Crippen LogP contribution in [0.15, 0.2) is 0 Å². The average Bonchev–Trinajstić information content (AvgIpc) is 2.36. The molecule has 7 nitrogen and oxygen atoms in total. The highest BCUT2D eigenvalue weighted by Gasteiger charge is 2.47. The lowest BCUT2D eigenvalue weighted by atomic mass is 10.1. The molecule has 0 spiro atoms. The maximum absolute atomic E-state index is 12.0. The number of carbonyl (C=O) groups is 1. The second-order valence-electron chi connectivity index (χ2n) is 6.19. The van der Waals surface area contributed by atoms with Crippen molar-refractivity contribution >= 4 is 11.9 Å². The van der Waals surface area contributed by atoms with Gasteiger partial charge >= 0.3 is 5.96 Å². The van der Waals surface area contributed by atoms with E-state index in [-0.39, 0.29) is 11.9 Å². The number of hydrogen-bond donors (Lipinski definition) is 4. The molecule has 0 atom stereocenters. The first-order valence-corrected chi connectivity index (χ1v) is 7.00. The largest absolute Gasteiger partial charge is 0.348 e. The molecule has 0 unspecified atom stereocenters. The number of likely N-dealkylation sites (N-methyl/N-ethyl adjacent to an activating group) is 1. The number of nitrogens with zero attached hydrogens (tertiary/aromatic N) is 2. The van der Waals surface area contributed by atoms with Gasteiger partial charge in [0.15, 0.2) is 6.54 Å². The van der Waals surface area contributed by atoms with Crippen LogP contribution in [0.5, 0.6) is 0 Å². The quantitative estimate of drug-likeness (QED) is 0.176. The number of amides is 1. The molecule has 3 heterocycles. The van der Waals surface area contributed by atoms with Crippen molar-refractivity contribution < 1.29 is 18.8 Å². The lowest BCUT2D eigenvalue weighted by Crippen LogP contribution is -2.79. The van der Waals surface area contributed by atoms with E-state index in [1.165, 1.54) is 24.1 Å². The summed E-state index contributed by atoms with van der Waals surface area (Å²) in [5, 5.41) is 2.92. The lowest BCUT2D eigenvalue weighted by molar-refractivity contribution is -1.07. The SMILES string of the molecule is C[N+]12CC[N+](CC(=O)NCC[NH+]=C(N)N)(CC1)CC2. The van der Waals surface area contributed by atoms with Crippen LogP contribution >= 0.6 is 0 Å². The van der Waals surface area contributed by atoms with Crippen LogP contribution in [0.4, 0.5) is 0 Å². The Morgan fingerprint density at radius 3 is 2.26 bits per heavy atom. The van der Waals surface area contributed by atoms with Crippen molar-refractivity contribution in [3.8, 4) is 0 Å². The second kappa shape index (κ2) is 5.34. The maximum Gasteiger partial charge on any atom is 0.338 e. The van der Waals surface area contributed by atoms with Crippen LogP contribution in [0.3, 0.4) is 0 Å². The summed E-state index contributed by atoms with van der Waals surface area (Å²) in [6, 6.07) is 0. The van der Waals surface area contributed by atoms with E-state index in [0.717, 1.165) is 24.1 Å². The number of hydrogen-bond acceptors (Lipinski definition) is 1. The Labute approximate surface area is 114 Å². The van der Waals surface area contributed by atoms with Crippen LogP contribution in [-0.4, -0.2) is 86.8 Å². The Balaban J connectivity index is 1.75. The highest BCUT2D eigenvalue weighted by Crippen LogP contribution is 2.24. The summed E-state index contributed by atoms with van der Waals surface area (Å²) in [6.07, 6.45) is 0. The summed E-state index contributed by atoms with van der Waals surface area (Å²) in [5.41, 5.74) is 10.6. The molecule has 7 heteroatoms. The maximum atomic E-state index is 12.0. The standard InChI is InChI=1S/C12H25N6O/c1-17-4-7-18(8-5-17,9-6-17)10-11(19)15-2-3-16-12(13)14/h2-10H2,1H3,(H4-,13,14,15,16,19)/q+1/p+2. The number of guanidine groups is 1. The van der Waals surface area contributed by atoms with Gasteiger partial charge < -0.3 is 14.3 Å². The van der Waals surface area contributed by atoms with E-state index in [9.17, 15) is 4.79 Å². The van der Waals surface area contributed by atoms with Crippen LogP contribution in [0.25, 0.3) is 0 Å². The van der Waals surface area contributed by atoms with E-state index >= 15 is 0 Å². The molecule has 108 valence electrons. The van der Waals surface area contributed by atoms with Crippen molar-refractivity contribution in [3.05, 3.63) is 0 Å². The zero-order valence-electron chi connectivity index (χ0n) is 11.8. The number of carbonyl (C=O) groups excluding carboxylic acids is 1. The lowest BCUT2D eigenvalue weighted by Gasteiger charge is -2.53. The van der Waals surface area contributed by atoms with Crippen molar-refractivity contribution in [1.82, 2.24) is 5.32 Å². The number of rotatable bonds is 5. The van der Waals surface area contributed by atoms with Crippen molar-refractivity contribution in [2.45, 2.75) is 0 Å². The fourth-order valence-corrected chi connectivity index (χ4v) is 3.04. The van der Waals surface area contributed by atoms with Gasteiger partial charge in [-0.15, -0.1) is 0 Å². The fourth-order valence-electron chi connectivity index (χ4n) is 3.04. The molecular weight excluding hydrogens is 244 g/mol. The third-order valence-electron chi connectivity index (χ3n) is 4.60. The van der Waals surface area contributed by atoms with Gasteiger partial charge in [0, 0.05) is 6.54 Å². The molecule has 3 rings (SSSR count). The minimum Gasteiger partial charge on any atom is -0.348 e. The van der Waals surface area contributed by atoms with Crippen LogP contribution in [0.1, 0.15) is 0 Å². The van der Waals surface area contributed by atoms with Crippen LogP contribution < -0.4 is 21.8 Å². The Bertz CT molecular complexity index is 352.